The summed E-state index contributed by atoms with van der Waals surface area (Å²) in [6.45, 7) is 0.868. The zero-order chi connectivity index (χ0) is 12.8. The van der Waals surface area contributed by atoms with Crippen LogP contribution in [0.25, 0.3) is 0 Å². The molecule has 1 aliphatic rings. The Bertz CT molecular complexity index is 484. The van der Waals surface area contributed by atoms with E-state index in [0.29, 0.717) is 18.8 Å². The highest BCUT2D eigenvalue weighted by Gasteiger charge is 2.26. The van der Waals surface area contributed by atoms with E-state index in [1.807, 2.05) is 18.2 Å². The molecule has 0 aliphatic carbocycles. The van der Waals surface area contributed by atoms with Crippen LogP contribution in [0, 0.1) is 23.7 Å². The minimum atomic E-state index is 0.0673. The lowest BCUT2D eigenvalue weighted by atomic mass is 10.0. The molecule has 2 unspecified atom stereocenters. The minimum Gasteiger partial charge on any atom is -0.368 e. The molecule has 0 radical (unpaired) electrons. The largest absolute Gasteiger partial charge is 0.368 e. The van der Waals surface area contributed by atoms with Gasteiger partial charge in [0.1, 0.15) is 6.61 Å². The van der Waals surface area contributed by atoms with Crippen LogP contribution >= 0.6 is 0 Å². The van der Waals surface area contributed by atoms with E-state index in [-0.39, 0.29) is 12.2 Å². The molecule has 3 nitrogen and oxygen atoms in total. The summed E-state index contributed by atoms with van der Waals surface area (Å²) in [6.07, 6.45) is 7.21. The van der Waals surface area contributed by atoms with Crippen LogP contribution in [0.5, 0.6) is 0 Å². The predicted octanol–water partition coefficient (Wildman–Crippen LogP) is 2.43. The number of hydrogen-bond donors (Lipinski definition) is 0. The lowest BCUT2D eigenvalue weighted by Crippen LogP contribution is -2.15. The van der Waals surface area contributed by atoms with Crippen molar-refractivity contribution in [2.75, 3.05) is 13.2 Å². The van der Waals surface area contributed by atoms with E-state index in [1.165, 1.54) is 0 Å². The van der Waals surface area contributed by atoms with Gasteiger partial charge in [-0.25, -0.2) is 0 Å². The smallest absolute Gasteiger partial charge is 0.107 e. The molecule has 0 bridgehead atoms. The van der Waals surface area contributed by atoms with Gasteiger partial charge in [-0.15, -0.1) is 6.42 Å². The van der Waals surface area contributed by atoms with Crippen LogP contribution in [0.15, 0.2) is 24.3 Å². The van der Waals surface area contributed by atoms with Crippen molar-refractivity contribution in [3.63, 3.8) is 0 Å². The first-order valence-electron chi connectivity index (χ1n) is 6.00. The van der Waals surface area contributed by atoms with Gasteiger partial charge in [-0.1, -0.05) is 18.1 Å². The topological polar surface area (TPSA) is 42.2 Å². The molecule has 0 N–H and O–H groups in total. The zero-order valence-corrected chi connectivity index (χ0v) is 10.1. The number of hydrogen-bond acceptors (Lipinski definition) is 3. The van der Waals surface area contributed by atoms with Crippen LogP contribution in [0.1, 0.15) is 30.1 Å². The van der Waals surface area contributed by atoms with E-state index in [2.05, 4.69) is 12.0 Å². The maximum Gasteiger partial charge on any atom is 0.107 e. The van der Waals surface area contributed by atoms with E-state index < -0.39 is 0 Å². The van der Waals surface area contributed by atoms with Crippen molar-refractivity contribution in [2.24, 2.45) is 0 Å². The first kappa shape index (κ1) is 12.6. The summed E-state index contributed by atoms with van der Waals surface area (Å²) >= 11 is 0. The average Bonchev–Trinajstić information content (AvgIpc) is 2.88. The Hall–Kier alpha value is -1.81. The maximum absolute atomic E-state index is 8.87. The fraction of sp³-hybridized carbons (Fsp3) is 0.400. The van der Waals surface area contributed by atoms with Gasteiger partial charge < -0.3 is 9.47 Å². The maximum atomic E-state index is 8.87. The Kier molecular flexibility index (Phi) is 4.36. The van der Waals surface area contributed by atoms with Crippen molar-refractivity contribution in [3.8, 4) is 18.4 Å². The second-order valence-corrected chi connectivity index (χ2v) is 4.28. The van der Waals surface area contributed by atoms with E-state index in [1.54, 1.807) is 6.07 Å². The number of ether oxygens (including phenoxy) is 2. The van der Waals surface area contributed by atoms with Gasteiger partial charge in [-0.3, -0.25) is 0 Å². The monoisotopic (exact) mass is 241 g/mol. The van der Waals surface area contributed by atoms with E-state index >= 15 is 0 Å². The molecular weight excluding hydrogens is 226 g/mol. The lowest BCUT2D eigenvalue weighted by molar-refractivity contribution is -0.00857. The highest BCUT2D eigenvalue weighted by Crippen LogP contribution is 2.32. The lowest BCUT2D eigenvalue weighted by Gasteiger charge is -2.13. The highest BCUT2D eigenvalue weighted by atomic mass is 16.5. The molecule has 0 aromatic heterocycles. The molecule has 18 heavy (non-hydrogen) atoms. The summed E-state index contributed by atoms with van der Waals surface area (Å²) in [7, 11) is 0. The zero-order valence-electron chi connectivity index (χ0n) is 10.1. The molecule has 0 saturated carbocycles. The summed E-state index contributed by atoms with van der Waals surface area (Å²) in [5, 5.41) is 8.87. The van der Waals surface area contributed by atoms with Gasteiger partial charge in [0, 0.05) is 0 Å². The summed E-state index contributed by atoms with van der Waals surface area (Å²) < 4.78 is 11.2. The second-order valence-electron chi connectivity index (χ2n) is 4.28. The molecular formula is C15H15NO2. The van der Waals surface area contributed by atoms with Crippen molar-refractivity contribution in [2.45, 2.75) is 25.0 Å². The van der Waals surface area contributed by atoms with Crippen molar-refractivity contribution in [1.82, 2.24) is 0 Å². The van der Waals surface area contributed by atoms with Crippen LogP contribution in [0.4, 0.5) is 0 Å². The first-order valence-corrected chi connectivity index (χ1v) is 6.00. The van der Waals surface area contributed by atoms with Gasteiger partial charge in [0.25, 0.3) is 0 Å². The van der Waals surface area contributed by atoms with Crippen LogP contribution in [0.2, 0.25) is 0 Å². The van der Waals surface area contributed by atoms with Gasteiger partial charge in [-0.2, -0.15) is 5.26 Å². The van der Waals surface area contributed by atoms with Crippen molar-refractivity contribution < 1.29 is 9.47 Å². The van der Waals surface area contributed by atoms with E-state index in [4.69, 9.17) is 21.2 Å². The normalized spacial score (nSPS) is 22.3. The fourth-order valence-electron chi connectivity index (χ4n) is 2.13. The standard InChI is InChI=1S/C15H15NO2/c1-2-8-17-11-14-6-7-15(18-14)13-5-3-4-12(9-13)10-16/h1,3-5,9,14-15H,6-8,11H2. The number of rotatable bonds is 4. The number of benzene rings is 1. The Morgan fingerprint density at radius 3 is 3.11 bits per heavy atom. The van der Waals surface area contributed by atoms with Gasteiger partial charge in [0.15, 0.2) is 0 Å². The molecule has 1 saturated heterocycles. The van der Waals surface area contributed by atoms with Crippen LogP contribution in [-0.4, -0.2) is 19.3 Å². The van der Waals surface area contributed by atoms with Crippen molar-refractivity contribution in [3.05, 3.63) is 35.4 Å². The molecule has 0 amide bonds. The summed E-state index contributed by atoms with van der Waals surface area (Å²) in [5.41, 5.74) is 1.73. The quantitative estimate of drug-likeness (QED) is 0.600. The Morgan fingerprint density at radius 2 is 2.33 bits per heavy atom. The average molecular weight is 241 g/mol. The molecule has 1 heterocycles. The molecule has 2 rings (SSSR count). The highest BCUT2D eigenvalue weighted by molar-refractivity contribution is 5.34. The molecule has 2 atom stereocenters. The molecule has 1 fully saturated rings. The Balaban J connectivity index is 1.92. The summed E-state index contributed by atoms with van der Waals surface area (Å²) in [5.74, 6) is 2.44. The first-order chi connectivity index (χ1) is 8.83. The van der Waals surface area contributed by atoms with Crippen LogP contribution < -0.4 is 0 Å². The summed E-state index contributed by atoms with van der Waals surface area (Å²) in [4.78, 5) is 0. The van der Waals surface area contributed by atoms with Crippen molar-refractivity contribution >= 4 is 0 Å². The molecule has 92 valence electrons. The molecule has 1 aromatic rings. The molecule has 1 aliphatic heterocycles. The van der Waals surface area contributed by atoms with Gasteiger partial charge in [0.2, 0.25) is 0 Å². The Labute approximate surface area is 107 Å². The van der Waals surface area contributed by atoms with Crippen LogP contribution in [-0.2, 0) is 9.47 Å². The molecule has 0 spiro atoms. The SMILES string of the molecule is C#CCOCC1CCC(c2cccc(C#N)c2)O1. The summed E-state index contributed by atoms with van der Waals surface area (Å²) in [6, 6.07) is 9.71. The van der Waals surface area contributed by atoms with Crippen LogP contribution in [0.3, 0.4) is 0 Å². The number of nitriles is 1. The van der Waals surface area contributed by atoms with Gasteiger partial charge >= 0.3 is 0 Å². The molecule has 3 heteroatoms. The van der Waals surface area contributed by atoms with Crippen molar-refractivity contribution in [1.29, 1.82) is 5.26 Å². The van der Waals surface area contributed by atoms with E-state index in [9.17, 15) is 0 Å². The molecule has 1 aromatic carbocycles. The van der Waals surface area contributed by atoms with E-state index in [0.717, 1.165) is 18.4 Å². The number of terminal acetylenes is 1. The third-order valence-corrected chi connectivity index (χ3v) is 2.98. The Morgan fingerprint density at radius 1 is 1.44 bits per heavy atom. The minimum absolute atomic E-state index is 0.0673. The third-order valence-electron chi connectivity index (χ3n) is 2.98. The predicted molar refractivity (Wildman–Crippen MR) is 67.7 cm³/mol. The third kappa shape index (κ3) is 3.11. The van der Waals surface area contributed by atoms with Gasteiger partial charge in [-0.05, 0) is 30.5 Å². The fourth-order valence-corrected chi connectivity index (χ4v) is 2.13. The second kappa shape index (κ2) is 6.21. The van der Waals surface area contributed by atoms with Gasteiger partial charge in [0.05, 0.1) is 30.4 Å². The number of nitrogens with zero attached hydrogens (tertiary/aromatic N) is 1.